The number of hydrogen-bond acceptors (Lipinski definition) is 6. The molecule has 164 valence electrons. The standard InChI is InChI=1S/C24H27N7O/c1-28(11-18-10-27-29(2)12-18)15-20-5-6-22-21-8-17(14-31(22)24(20)32)13-30(16-21)23-19(9-25)4-3-7-26-23/h3-7,10,12,17,21H,8,11,13-16H2,1-2H3/t17-,21+/m0/s1. The average Bonchev–Trinajstić information content (AvgIpc) is 3.20. The Morgan fingerprint density at radius 1 is 1.22 bits per heavy atom. The molecule has 1 saturated heterocycles. The van der Waals surface area contributed by atoms with Gasteiger partial charge in [-0.3, -0.25) is 14.4 Å². The molecule has 5 heterocycles. The number of nitriles is 1. The maximum atomic E-state index is 13.3. The van der Waals surface area contributed by atoms with Crippen LogP contribution in [0.4, 0.5) is 5.82 Å². The van der Waals surface area contributed by atoms with E-state index < -0.39 is 0 Å². The fraction of sp³-hybridized carbons (Fsp3) is 0.417. The summed E-state index contributed by atoms with van der Waals surface area (Å²) in [4.78, 5) is 22.2. The van der Waals surface area contributed by atoms with Crippen LogP contribution in [0, 0.1) is 17.2 Å². The van der Waals surface area contributed by atoms with Gasteiger partial charge in [0.15, 0.2) is 0 Å². The lowest BCUT2D eigenvalue weighted by Crippen LogP contribution is -2.48. The van der Waals surface area contributed by atoms with Crippen LogP contribution < -0.4 is 10.5 Å². The second-order valence-electron chi connectivity index (χ2n) is 9.08. The first-order chi connectivity index (χ1) is 15.5. The number of nitrogens with zero attached hydrogens (tertiary/aromatic N) is 7. The summed E-state index contributed by atoms with van der Waals surface area (Å²) in [5, 5.41) is 13.7. The van der Waals surface area contributed by atoms with Gasteiger partial charge in [0.05, 0.1) is 11.8 Å². The summed E-state index contributed by atoms with van der Waals surface area (Å²) in [6.07, 6.45) is 6.68. The van der Waals surface area contributed by atoms with Crippen molar-refractivity contribution < 1.29 is 0 Å². The molecule has 0 unspecified atom stereocenters. The topological polar surface area (TPSA) is 83.0 Å². The van der Waals surface area contributed by atoms with Crippen LogP contribution in [-0.2, 0) is 26.7 Å². The predicted molar refractivity (Wildman–Crippen MR) is 121 cm³/mol. The highest BCUT2D eigenvalue weighted by Gasteiger charge is 2.36. The third kappa shape index (κ3) is 3.80. The maximum Gasteiger partial charge on any atom is 0.255 e. The van der Waals surface area contributed by atoms with E-state index >= 15 is 0 Å². The Morgan fingerprint density at radius 3 is 2.88 bits per heavy atom. The molecular formula is C24H27N7O. The first-order valence-electron chi connectivity index (χ1n) is 11.0. The smallest absolute Gasteiger partial charge is 0.255 e. The number of aromatic nitrogens is 4. The molecule has 0 N–H and O–H groups in total. The zero-order valence-corrected chi connectivity index (χ0v) is 18.5. The molecule has 0 aliphatic carbocycles. The van der Waals surface area contributed by atoms with Crippen LogP contribution in [0.3, 0.4) is 0 Å². The molecule has 1 fully saturated rings. The summed E-state index contributed by atoms with van der Waals surface area (Å²) in [7, 11) is 3.94. The van der Waals surface area contributed by atoms with Gasteiger partial charge < -0.3 is 9.47 Å². The van der Waals surface area contributed by atoms with Gasteiger partial charge in [-0.05, 0) is 37.6 Å². The minimum Gasteiger partial charge on any atom is -0.355 e. The van der Waals surface area contributed by atoms with E-state index in [1.54, 1.807) is 16.9 Å². The molecule has 0 aromatic carbocycles. The Morgan fingerprint density at radius 2 is 2.09 bits per heavy atom. The van der Waals surface area contributed by atoms with Crippen LogP contribution >= 0.6 is 0 Å². The second-order valence-corrected chi connectivity index (χ2v) is 9.08. The zero-order chi connectivity index (χ0) is 22.2. The quantitative estimate of drug-likeness (QED) is 0.618. The summed E-state index contributed by atoms with van der Waals surface area (Å²) < 4.78 is 3.79. The summed E-state index contributed by atoms with van der Waals surface area (Å²) in [5.74, 6) is 1.40. The molecule has 0 spiro atoms. The number of rotatable bonds is 5. The molecule has 2 aliphatic rings. The van der Waals surface area contributed by atoms with Gasteiger partial charge in [0.25, 0.3) is 5.56 Å². The number of piperidine rings is 1. The van der Waals surface area contributed by atoms with Crippen LogP contribution in [0.5, 0.6) is 0 Å². The van der Waals surface area contributed by atoms with E-state index in [-0.39, 0.29) is 11.5 Å². The molecule has 2 atom stereocenters. The normalized spacial score (nSPS) is 19.6. The molecule has 0 saturated carbocycles. The summed E-state index contributed by atoms with van der Waals surface area (Å²) in [5.41, 5.74) is 3.79. The first-order valence-corrected chi connectivity index (χ1v) is 11.0. The first kappa shape index (κ1) is 20.5. The number of aryl methyl sites for hydroxylation is 1. The number of pyridine rings is 2. The minimum atomic E-state index is 0.124. The molecular weight excluding hydrogens is 402 g/mol. The molecule has 0 amide bonds. The minimum absolute atomic E-state index is 0.124. The third-order valence-electron chi connectivity index (χ3n) is 6.54. The molecule has 8 nitrogen and oxygen atoms in total. The van der Waals surface area contributed by atoms with Crippen molar-refractivity contribution >= 4 is 5.82 Å². The fourth-order valence-corrected chi connectivity index (χ4v) is 5.23. The second kappa shape index (κ2) is 8.24. The van der Waals surface area contributed by atoms with E-state index in [0.29, 0.717) is 18.0 Å². The highest BCUT2D eigenvalue weighted by atomic mass is 16.1. The molecule has 2 aliphatic heterocycles. The summed E-state index contributed by atoms with van der Waals surface area (Å²) in [6.45, 7) is 3.67. The van der Waals surface area contributed by atoms with Gasteiger partial charge in [-0.1, -0.05) is 6.07 Å². The van der Waals surface area contributed by atoms with Crippen LogP contribution in [-0.4, -0.2) is 44.4 Å². The van der Waals surface area contributed by atoms with E-state index in [1.807, 2.05) is 43.2 Å². The van der Waals surface area contributed by atoms with Crippen molar-refractivity contribution in [3.8, 4) is 6.07 Å². The van der Waals surface area contributed by atoms with Crippen molar-refractivity contribution in [2.24, 2.45) is 13.0 Å². The van der Waals surface area contributed by atoms with Crippen molar-refractivity contribution in [3.05, 3.63) is 75.6 Å². The van der Waals surface area contributed by atoms with Crippen LogP contribution in [0.1, 0.15) is 34.7 Å². The fourth-order valence-electron chi connectivity index (χ4n) is 5.23. The predicted octanol–water partition coefficient (Wildman–Crippen LogP) is 2.10. The SMILES string of the molecule is CN(Cc1cnn(C)c1)Cc1ccc2n(c1=O)C[C@H]1C[C@@H]2CN(c2ncccc2C#N)C1. The monoisotopic (exact) mass is 429 g/mol. The van der Waals surface area contributed by atoms with Gasteiger partial charge in [0.2, 0.25) is 0 Å². The van der Waals surface area contributed by atoms with Gasteiger partial charge in [0.1, 0.15) is 11.9 Å². The lowest BCUT2D eigenvalue weighted by Gasteiger charge is -2.43. The van der Waals surface area contributed by atoms with E-state index in [9.17, 15) is 10.1 Å². The molecule has 2 bridgehead atoms. The van der Waals surface area contributed by atoms with Gasteiger partial charge >= 0.3 is 0 Å². The van der Waals surface area contributed by atoms with E-state index in [4.69, 9.17) is 0 Å². The molecule has 3 aromatic heterocycles. The Balaban J connectivity index is 1.36. The Kier molecular flexibility index (Phi) is 5.27. The van der Waals surface area contributed by atoms with Crippen molar-refractivity contribution in [1.82, 2.24) is 24.2 Å². The lowest BCUT2D eigenvalue weighted by atomic mass is 9.83. The zero-order valence-electron chi connectivity index (χ0n) is 18.5. The maximum absolute atomic E-state index is 13.3. The molecule has 5 rings (SSSR count). The lowest BCUT2D eigenvalue weighted by molar-refractivity contribution is 0.276. The third-order valence-corrected chi connectivity index (χ3v) is 6.54. The molecule has 32 heavy (non-hydrogen) atoms. The molecule has 3 aromatic rings. The van der Waals surface area contributed by atoms with E-state index in [0.717, 1.165) is 55.2 Å². The Labute approximate surface area is 187 Å². The van der Waals surface area contributed by atoms with Crippen molar-refractivity contribution in [1.29, 1.82) is 5.26 Å². The van der Waals surface area contributed by atoms with Crippen molar-refractivity contribution in [2.45, 2.75) is 32.0 Å². The highest BCUT2D eigenvalue weighted by molar-refractivity contribution is 5.54. The highest BCUT2D eigenvalue weighted by Crippen LogP contribution is 2.37. The summed E-state index contributed by atoms with van der Waals surface area (Å²) in [6, 6.07) is 10.0. The van der Waals surface area contributed by atoms with Gasteiger partial charge in [-0.2, -0.15) is 10.4 Å². The molecule has 0 radical (unpaired) electrons. The number of anilines is 1. The Bertz CT molecular complexity index is 1240. The molecule has 8 heteroatoms. The van der Waals surface area contributed by atoms with Gasteiger partial charge in [-0.25, -0.2) is 4.98 Å². The van der Waals surface area contributed by atoms with Crippen molar-refractivity contribution in [2.75, 3.05) is 25.0 Å². The van der Waals surface area contributed by atoms with E-state index in [1.165, 1.54) is 0 Å². The number of fused-ring (bicyclic) bond motifs is 4. The Hall–Kier alpha value is -3.44. The van der Waals surface area contributed by atoms with Gasteiger partial charge in [0, 0.05) is 74.9 Å². The average molecular weight is 430 g/mol. The van der Waals surface area contributed by atoms with E-state index in [2.05, 4.69) is 32.0 Å². The van der Waals surface area contributed by atoms with Crippen LogP contribution in [0.2, 0.25) is 0 Å². The van der Waals surface area contributed by atoms with Crippen LogP contribution in [0.15, 0.2) is 47.7 Å². The number of hydrogen-bond donors (Lipinski definition) is 0. The van der Waals surface area contributed by atoms with Crippen LogP contribution in [0.25, 0.3) is 0 Å². The summed E-state index contributed by atoms with van der Waals surface area (Å²) >= 11 is 0. The largest absolute Gasteiger partial charge is 0.355 e. The van der Waals surface area contributed by atoms with Crippen molar-refractivity contribution in [3.63, 3.8) is 0 Å². The van der Waals surface area contributed by atoms with Gasteiger partial charge in [-0.15, -0.1) is 0 Å².